The van der Waals surface area contributed by atoms with E-state index in [0.29, 0.717) is 6.61 Å². The van der Waals surface area contributed by atoms with Gasteiger partial charge in [0, 0.05) is 6.08 Å². The SMILES string of the molecule is CCOC(=O)/C=C/c1ccc(Br)c(OC)c1. The third kappa shape index (κ3) is 3.70. The van der Waals surface area contributed by atoms with E-state index in [9.17, 15) is 4.79 Å². The molecule has 0 aliphatic heterocycles. The zero-order valence-corrected chi connectivity index (χ0v) is 10.8. The summed E-state index contributed by atoms with van der Waals surface area (Å²) in [4.78, 5) is 11.1. The van der Waals surface area contributed by atoms with Crippen molar-refractivity contribution in [3.8, 4) is 5.75 Å². The summed E-state index contributed by atoms with van der Waals surface area (Å²) in [6.45, 7) is 2.15. The number of rotatable bonds is 4. The minimum Gasteiger partial charge on any atom is -0.496 e. The first-order valence-corrected chi connectivity index (χ1v) is 5.65. The summed E-state index contributed by atoms with van der Waals surface area (Å²) >= 11 is 3.35. The van der Waals surface area contributed by atoms with E-state index in [2.05, 4.69) is 15.9 Å². The second kappa shape index (κ2) is 6.33. The molecule has 0 aromatic heterocycles. The summed E-state index contributed by atoms with van der Waals surface area (Å²) in [5, 5.41) is 0. The number of benzene rings is 1. The largest absolute Gasteiger partial charge is 0.496 e. The molecule has 0 heterocycles. The molecule has 86 valence electrons. The lowest BCUT2D eigenvalue weighted by atomic mass is 10.2. The van der Waals surface area contributed by atoms with Crippen LogP contribution in [0.1, 0.15) is 12.5 Å². The zero-order chi connectivity index (χ0) is 12.0. The average molecular weight is 285 g/mol. The normalized spacial score (nSPS) is 10.4. The second-order valence-electron chi connectivity index (χ2n) is 2.98. The van der Waals surface area contributed by atoms with Crippen molar-refractivity contribution in [1.29, 1.82) is 0 Å². The highest BCUT2D eigenvalue weighted by Crippen LogP contribution is 2.25. The Hall–Kier alpha value is -1.29. The molecule has 0 spiro atoms. The van der Waals surface area contributed by atoms with Crippen molar-refractivity contribution in [2.75, 3.05) is 13.7 Å². The molecule has 1 aromatic carbocycles. The summed E-state index contributed by atoms with van der Waals surface area (Å²) in [6, 6.07) is 5.58. The number of hydrogen-bond donors (Lipinski definition) is 0. The minimum absolute atomic E-state index is 0.343. The Labute approximate surface area is 103 Å². The van der Waals surface area contributed by atoms with Gasteiger partial charge in [0.25, 0.3) is 0 Å². The molecular weight excluding hydrogens is 272 g/mol. The topological polar surface area (TPSA) is 35.5 Å². The summed E-state index contributed by atoms with van der Waals surface area (Å²) in [5.74, 6) is 0.385. The van der Waals surface area contributed by atoms with Gasteiger partial charge in [0.05, 0.1) is 18.2 Å². The molecule has 0 fully saturated rings. The van der Waals surface area contributed by atoms with Crippen LogP contribution in [0.25, 0.3) is 6.08 Å². The lowest BCUT2D eigenvalue weighted by Gasteiger charge is -2.03. The maximum atomic E-state index is 11.1. The molecule has 0 aliphatic carbocycles. The van der Waals surface area contributed by atoms with Gasteiger partial charge in [-0.05, 0) is 46.6 Å². The van der Waals surface area contributed by atoms with E-state index in [4.69, 9.17) is 9.47 Å². The van der Waals surface area contributed by atoms with E-state index in [1.54, 1.807) is 20.1 Å². The number of halogens is 1. The Morgan fingerprint density at radius 1 is 1.50 bits per heavy atom. The molecule has 0 atom stereocenters. The third-order valence-electron chi connectivity index (χ3n) is 1.87. The van der Waals surface area contributed by atoms with Gasteiger partial charge in [-0.2, -0.15) is 0 Å². The van der Waals surface area contributed by atoms with Crippen LogP contribution in [0.15, 0.2) is 28.7 Å². The summed E-state index contributed by atoms with van der Waals surface area (Å²) in [7, 11) is 1.60. The van der Waals surface area contributed by atoms with Crippen molar-refractivity contribution < 1.29 is 14.3 Å². The van der Waals surface area contributed by atoms with Crippen LogP contribution in [0.4, 0.5) is 0 Å². The van der Waals surface area contributed by atoms with E-state index in [0.717, 1.165) is 15.8 Å². The molecule has 0 unspecified atom stereocenters. The van der Waals surface area contributed by atoms with Crippen LogP contribution in [-0.2, 0) is 9.53 Å². The standard InChI is InChI=1S/C12H13BrO3/c1-3-16-12(14)7-5-9-4-6-10(13)11(8-9)15-2/h4-8H,3H2,1-2H3/b7-5+. The van der Waals surface area contributed by atoms with Crippen molar-refractivity contribution in [2.24, 2.45) is 0 Å². The number of carbonyl (C=O) groups is 1. The van der Waals surface area contributed by atoms with E-state index in [-0.39, 0.29) is 5.97 Å². The molecule has 0 saturated carbocycles. The molecule has 0 saturated heterocycles. The molecule has 0 amide bonds. The molecule has 0 bridgehead atoms. The molecule has 0 radical (unpaired) electrons. The van der Waals surface area contributed by atoms with Crippen LogP contribution < -0.4 is 4.74 Å². The molecule has 0 N–H and O–H groups in total. The van der Waals surface area contributed by atoms with Gasteiger partial charge in [-0.25, -0.2) is 4.79 Å². The van der Waals surface area contributed by atoms with Crippen molar-refractivity contribution in [1.82, 2.24) is 0 Å². The third-order valence-corrected chi connectivity index (χ3v) is 2.53. The smallest absolute Gasteiger partial charge is 0.330 e. The van der Waals surface area contributed by atoms with Crippen molar-refractivity contribution >= 4 is 28.0 Å². The molecule has 0 aliphatic rings. The number of methoxy groups -OCH3 is 1. The van der Waals surface area contributed by atoms with Crippen molar-refractivity contribution in [2.45, 2.75) is 6.92 Å². The molecule has 16 heavy (non-hydrogen) atoms. The lowest BCUT2D eigenvalue weighted by molar-refractivity contribution is -0.137. The zero-order valence-electron chi connectivity index (χ0n) is 9.20. The minimum atomic E-state index is -0.343. The van der Waals surface area contributed by atoms with Gasteiger partial charge >= 0.3 is 5.97 Å². The first-order chi connectivity index (χ1) is 7.67. The van der Waals surface area contributed by atoms with Gasteiger partial charge in [-0.3, -0.25) is 0 Å². The van der Waals surface area contributed by atoms with Gasteiger partial charge in [-0.15, -0.1) is 0 Å². The van der Waals surface area contributed by atoms with E-state index >= 15 is 0 Å². The fourth-order valence-electron chi connectivity index (χ4n) is 1.13. The van der Waals surface area contributed by atoms with Gasteiger partial charge in [0.15, 0.2) is 0 Å². The number of ether oxygens (including phenoxy) is 2. The monoisotopic (exact) mass is 284 g/mol. The highest BCUT2D eigenvalue weighted by molar-refractivity contribution is 9.10. The average Bonchev–Trinajstić information content (AvgIpc) is 2.28. The number of esters is 1. The Balaban J connectivity index is 2.78. The van der Waals surface area contributed by atoms with Gasteiger partial charge < -0.3 is 9.47 Å². The lowest BCUT2D eigenvalue weighted by Crippen LogP contribution is -1.98. The predicted octanol–water partition coefficient (Wildman–Crippen LogP) is 3.03. The van der Waals surface area contributed by atoms with Gasteiger partial charge in [-0.1, -0.05) is 6.07 Å². The van der Waals surface area contributed by atoms with Crippen LogP contribution in [0, 0.1) is 0 Å². The Kier molecular flexibility index (Phi) is 5.05. The second-order valence-corrected chi connectivity index (χ2v) is 3.83. The number of carbonyl (C=O) groups excluding carboxylic acids is 1. The van der Waals surface area contributed by atoms with Crippen molar-refractivity contribution in [3.63, 3.8) is 0 Å². The van der Waals surface area contributed by atoms with Crippen LogP contribution in [-0.4, -0.2) is 19.7 Å². The Morgan fingerprint density at radius 3 is 2.88 bits per heavy atom. The fraction of sp³-hybridized carbons (Fsp3) is 0.250. The molecule has 4 heteroatoms. The number of hydrogen-bond acceptors (Lipinski definition) is 3. The molecular formula is C12H13BrO3. The van der Waals surface area contributed by atoms with E-state index in [1.165, 1.54) is 6.08 Å². The van der Waals surface area contributed by atoms with Crippen molar-refractivity contribution in [3.05, 3.63) is 34.3 Å². The van der Waals surface area contributed by atoms with Gasteiger partial charge in [0.1, 0.15) is 5.75 Å². The van der Waals surface area contributed by atoms with Crippen LogP contribution in [0.5, 0.6) is 5.75 Å². The Bertz CT molecular complexity index is 399. The highest BCUT2D eigenvalue weighted by atomic mass is 79.9. The fourth-order valence-corrected chi connectivity index (χ4v) is 1.54. The highest BCUT2D eigenvalue weighted by Gasteiger charge is 2.00. The Morgan fingerprint density at radius 2 is 2.25 bits per heavy atom. The van der Waals surface area contributed by atoms with Crippen LogP contribution >= 0.6 is 15.9 Å². The van der Waals surface area contributed by atoms with Crippen LogP contribution in [0.2, 0.25) is 0 Å². The summed E-state index contributed by atoms with van der Waals surface area (Å²) in [5.41, 5.74) is 0.883. The maximum Gasteiger partial charge on any atom is 0.330 e. The maximum absolute atomic E-state index is 11.1. The van der Waals surface area contributed by atoms with Gasteiger partial charge in [0.2, 0.25) is 0 Å². The quantitative estimate of drug-likeness (QED) is 0.630. The summed E-state index contributed by atoms with van der Waals surface area (Å²) < 4.78 is 10.8. The van der Waals surface area contributed by atoms with Crippen LogP contribution in [0.3, 0.4) is 0 Å². The molecule has 1 aromatic rings. The van der Waals surface area contributed by atoms with E-state index in [1.807, 2.05) is 18.2 Å². The molecule has 1 rings (SSSR count). The predicted molar refractivity (Wildman–Crippen MR) is 66.4 cm³/mol. The molecule has 3 nitrogen and oxygen atoms in total. The van der Waals surface area contributed by atoms with E-state index < -0.39 is 0 Å². The first-order valence-electron chi connectivity index (χ1n) is 4.85. The summed E-state index contributed by atoms with van der Waals surface area (Å²) in [6.07, 6.45) is 3.08. The first kappa shape index (κ1) is 12.8.